The molecule has 0 unspecified atom stereocenters. The zero-order chi connectivity index (χ0) is 21.2. The molecule has 0 N–H and O–H groups in total. The summed E-state index contributed by atoms with van der Waals surface area (Å²) in [7, 11) is 0. The Kier molecular flexibility index (Phi) is 5.01. The first-order chi connectivity index (χ1) is 15.2. The lowest BCUT2D eigenvalue weighted by atomic mass is 10.2. The number of carbonyl (C=O) groups is 2. The van der Waals surface area contributed by atoms with E-state index in [1.807, 2.05) is 60.8 Å². The fourth-order valence-electron chi connectivity index (χ4n) is 3.42. The number of rotatable bonds is 4. The van der Waals surface area contributed by atoms with Crippen molar-refractivity contribution in [1.29, 1.82) is 0 Å². The summed E-state index contributed by atoms with van der Waals surface area (Å²) in [6, 6.07) is 24.1. The van der Waals surface area contributed by atoms with Gasteiger partial charge < -0.3 is 4.74 Å². The number of aromatic nitrogens is 2. The van der Waals surface area contributed by atoms with Gasteiger partial charge in [0.05, 0.1) is 22.6 Å². The number of ether oxygens (including phenoxy) is 1. The number of anilines is 2. The number of nitrogens with zero attached hydrogens (tertiary/aromatic N) is 3. The SMILES string of the molecule is O=C(OCC(=O)N1c2ccccc2Sc2ccccc21)c1ccc(-n2cccn2)cc1. The normalized spacial score (nSPS) is 12.1. The van der Waals surface area contributed by atoms with E-state index in [0.29, 0.717) is 5.56 Å². The molecular weight excluding hydrogens is 410 g/mol. The van der Waals surface area contributed by atoms with Gasteiger partial charge >= 0.3 is 5.97 Å². The Morgan fingerprint density at radius 2 is 1.48 bits per heavy atom. The van der Waals surface area contributed by atoms with Crippen LogP contribution in [0.5, 0.6) is 0 Å². The maximum atomic E-state index is 13.1. The fraction of sp³-hybridized carbons (Fsp3) is 0.0417. The third-order valence-corrected chi connectivity index (χ3v) is 6.01. The van der Waals surface area contributed by atoms with Gasteiger partial charge in [-0.05, 0) is 54.6 Å². The van der Waals surface area contributed by atoms with Crippen molar-refractivity contribution in [2.45, 2.75) is 9.79 Å². The Balaban J connectivity index is 1.32. The Morgan fingerprint density at radius 3 is 2.10 bits per heavy atom. The van der Waals surface area contributed by atoms with E-state index in [9.17, 15) is 9.59 Å². The molecule has 7 heteroatoms. The lowest BCUT2D eigenvalue weighted by Gasteiger charge is -2.30. The molecule has 0 saturated heterocycles. The number of benzene rings is 3. The van der Waals surface area contributed by atoms with Crippen LogP contribution in [0, 0.1) is 0 Å². The van der Waals surface area contributed by atoms with Crippen molar-refractivity contribution in [1.82, 2.24) is 9.78 Å². The molecule has 0 spiro atoms. The number of hydrogen-bond acceptors (Lipinski definition) is 5. The highest BCUT2D eigenvalue weighted by Gasteiger charge is 2.28. The topological polar surface area (TPSA) is 64.4 Å². The molecule has 6 nitrogen and oxygen atoms in total. The molecule has 5 rings (SSSR count). The third-order valence-electron chi connectivity index (χ3n) is 4.88. The minimum Gasteiger partial charge on any atom is -0.452 e. The number of amides is 1. The molecule has 0 aliphatic carbocycles. The van der Waals surface area contributed by atoms with Crippen LogP contribution in [0.4, 0.5) is 11.4 Å². The monoisotopic (exact) mass is 427 g/mol. The molecule has 0 radical (unpaired) electrons. The Morgan fingerprint density at radius 1 is 0.839 bits per heavy atom. The molecular formula is C24H17N3O3S. The maximum absolute atomic E-state index is 13.1. The fourth-order valence-corrected chi connectivity index (χ4v) is 4.48. The van der Waals surface area contributed by atoms with Crippen LogP contribution in [-0.4, -0.2) is 28.3 Å². The lowest BCUT2D eigenvalue weighted by molar-refractivity contribution is -0.121. The molecule has 1 aliphatic heterocycles. The van der Waals surface area contributed by atoms with E-state index in [-0.39, 0.29) is 12.5 Å². The Bertz CT molecular complexity index is 1210. The second-order valence-corrected chi connectivity index (χ2v) is 7.92. The van der Waals surface area contributed by atoms with E-state index < -0.39 is 5.97 Å². The van der Waals surface area contributed by atoms with Gasteiger partial charge in [-0.1, -0.05) is 36.0 Å². The van der Waals surface area contributed by atoms with Crippen LogP contribution in [0.25, 0.3) is 5.69 Å². The van der Waals surface area contributed by atoms with E-state index in [4.69, 9.17) is 4.74 Å². The molecule has 4 aromatic rings. The maximum Gasteiger partial charge on any atom is 0.338 e. The molecule has 3 aromatic carbocycles. The quantitative estimate of drug-likeness (QED) is 0.435. The Labute approximate surface area is 183 Å². The average molecular weight is 427 g/mol. The van der Waals surface area contributed by atoms with Crippen molar-refractivity contribution in [3.8, 4) is 5.69 Å². The number of carbonyl (C=O) groups excluding carboxylic acids is 2. The molecule has 0 atom stereocenters. The standard InChI is InChI=1S/C24H17N3O3S/c28-23(16-30-24(29)17-10-12-18(13-11-17)26-15-5-14-25-26)27-19-6-1-3-8-21(19)31-22-9-4-2-7-20(22)27/h1-15H,16H2. The van der Waals surface area contributed by atoms with Crippen LogP contribution < -0.4 is 4.90 Å². The van der Waals surface area contributed by atoms with Gasteiger partial charge in [0.2, 0.25) is 0 Å². The third kappa shape index (κ3) is 3.71. The smallest absolute Gasteiger partial charge is 0.338 e. The number of esters is 1. The average Bonchev–Trinajstić information content (AvgIpc) is 3.36. The molecule has 0 fully saturated rings. The van der Waals surface area contributed by atoms with Gasteiger partial charge in [0, 0.05) is 22.2 Å². The summed E-state index contributed by atoms with van der Waals surface area (Å²) in [5.41, 5.74) is 2.78. The van der Waals surface area contributed by atoms with Crippen molar-refractivity contribution in [2.75, 3.05) is 11.5 Å². The van der Waals surface area contributed by atoms with Gasteiger partial charge in [-0.3, -0.25) is 9.69 Å². The molecule has 31 heavy (non-hydrogen) atoms. The van der Waals surface area contributed by atoms with E-state index >= 15 is 0 Å². The highest BCUT2D eigenvalue weighted by Crippen LogP contribution is 2.47. The van der Waals surface area contributed by atoms with Gasteiger partial charge in [0.1, 0.15) is 0 Å². The van der Waals surface area contributed by atoms with Crippen LogP contribution in [0.15, 0.2) is 101 Å². The van der Waals surface area contributed by atoms with Crippen molar-refractivity contribution in [3.05, 3.63) is 96.8 Å². The van der Waals surface area contributed by atoms with E-state index in [1.54, 1.807) is 51.8 Å². The molecule has 1 aliphatic rings. The first-order valence-electron chi connectivity index (χ1n) is 9.67. The number of hydrogen-bond donors (Lipinski definition) is 0. The molecule has 2 heterocycles. The Hall–Kier alpha value is -3.84. The van der Waals surface area contributed by atoms with Crippen molar-refractivity contribution >= 4 is 35.0 Å². The van der Waals surface area contributed by atoms with E-state index in [1.165, 1.54) is 0 Å². The van der Waals surface area contributed by atoms with Gasteiger partial charge in [-0.15, -0.1) is 0 Å². The van der Waals surface area contributed by atoms with Crippen molar-refractivity contribution in [2.24, 2.45) is 0 Å². The predicted octanol–water partition coefficient (Wildman–Crippen LogP) is 4.86. The predicted molar refractivity (Wildman–Crippen MR) is 118 cm³/mol. The number of fused-ring (bicyclic) bond motifs is 2. The summed E-state index contributed by atoms with van der Waals surface area (Å²) in [6.45, 7) is -0.354. The highest BCUT2D eigenvalue weighted by atomic mass is 32.2. The lowest BCUT2D eigenvalue weighted by Crippen LogP contribution is -2.32. The van der Waals surface area contributed by atoms with Gasteiger partial charge in [0.15, 0.2) is 6.61 Å². The molecule has 152 valence electrons. The summed E-state index contributed by atoms with van der Waals surface area (Å²) < 4.78 is 7.04. The minimum atomic E-state index is -0.548. The van der Waals surface area contributed by atoms with Gasteiger partial charge in [0.25, 0.3) is 5.91 Å². The molecule has 0 bridgehead atoms. The van der Waals surface area contributed by atoms with Crippen molar-refractivity contribution < 1.29 is 14.3 Å². The second kappa shape index (κ2) is 8.12. The summed E-state index contributed by atoms with van der Waals surface area (Å²) in [5, 5.41) is 4.16. The highest BCUT2D eigenvalue weighted by molar-refractivity contribution is 7.99. The zero-order valence-corrected chi connectivity index (χ0v) is 17.2. The molecule has 1 amide bonds. The zero-order valence-electron chi connectivity index (χ0n) is 16.3. The van der Waals surface area contributed by atoms with E-state index in [2.05, 4.69) is 5.10 Å². The summed E-state index contributed by atoms with van der Waals surface area (Å²) in [4.78, 5) is 29.2. The van der Waals surface area contributed by atoms with Crippen LogP contribution in [0.3, 0.4) is 0 Å². The molecule has 1 aromatic heterocycles. The summed E-state index contributed by atoms with van der Waals surface area (Å²) in [5.74, 6) is -0.852. The first kappa shape index (κ1) is 19.1. The van der Waals surface area contributed by atoms with Gasteiger partial charge in [-0.25, -0.2) is 9.48 Å². The van der Waals surface area contributed by atoms with Crippen LogP contribution >= 0.6 is 11.8 Å². The number of para-hydroxylation sites is 2. The molecule has 0 saturated carbocycles. The van der Waals surface area contributed by atoms with E-state index in [0.717, 1.165) is 26.9 Å². The summed E-state index contributed by atoms with van der Waals surface area (Å²) >= 11 is 1.62. The second-order valence-electron chi connectivity index (χ2n) is 6.84. The van der Waals surface area contributed by atoms with Crippen LogP contribution in [0.2, 0.25) is 0 Å². The minimum absolute atomic E-state index is 0.304. The van der Waals surface area contributed by atoms with Gasteiger partial charge in [-0.2, -0.15) is 5.10 Å². The van der Waals surface area contributed by atoms with Crippen LogP contribution in [-0.2, 0) is 9.53 Å². The van der Waals surface area contributed by atoms with Crippen LogP contribution in [0.1, 0.15) is 10.4 Å². The largest absolute Gasteiger partial charge is 0.452 e. The van der Waals surface area contributed by atoms with Crippen molar-refractivity contribution in [3.63, 3.8) is 0 Å². The summed E-state index contributed by atoms with van der Waals surface area (Å²) in [6.07, 6.45) is 3.50. The first-order valence-corrected chi connectivity index (χ1v) is 10.5.